The SMILES string of the molecule is O=C(c1ccc(Oc2ccccc2)cc1)C1CCCN(C(=O)c2cnc[nH]c2=O)C1. The summed E-state index contributed by atoms with van der Waals surface area (Å²) in [6.07, 6.45) is 3.91. The van der Waals surface area contributed by atoms with Crippen molar-refractivity contribution in [3.63, 3.8) is 0 Å². The monoisotopic (exact) mass is 403 g/mol. The van der Waals surface area contributed by atoms with E-state index in [0.29, 0.717) is 30.7 Å². The third kappa shape index (κ3) is 4.30. The molecule has 7 nitrogen and oxygen atoms in total. The average molecular weight is 403 g/mol. The number of ketones is 1. The van der Waals surface area contributed by atoms with Gasteiger partial charge < -0.3 is 14.6 Å². The quantitative estimate of drug-likeness (QED) is 0.660. The van der Waals surface area contributed by atoms with Crippen LogP contribution in [0.5, 0.6) is 11.5 Å². The second-order valence-electron chi connectivity index (χ2n) is 7.19. The summed E-state index contributed by atoms with van der Waals surface area (Å²) in [5.74, 6) is 0.657. The second-order valence-corrected chi connectivity index (χ2v) is 7.19. The van der Waals surface area contributed by atoms with Crippen molar-refractivity contribution in [2.24, 2.45) is 5.92 Å². The number of benzene rings is 2. The lowest BCUT2D eigenvalue weighted by Crippen LogP contribution is -2.43. The molecule has 1 amide bonds. The van der Waals surface area contributed by atoms with Gasteiger partial charge in [0.05, 0.1) is 6.33 Å². The van der Waals surface area contributed by atoms with Crippen molar-refractivity contribution < 1.29 is 14.3 Å². The molecule has 0 bridgehead atoms. The minimum absolute atomic E-state index is 0.00647. The molecule has 1 fully saturated rings. The first-order valence-electron chi connectivity index (χ1n) is 9.81. The first-order valence-corrected chi connectivity index (χ1v) is 9.81. The van der Waals surface area contributed by atoms with Crippen LogP contribution in [0.15, 0.2) is 71.9 Å². The summed E-state index contributed by atoms with van der Waals surface area (Å²) >= 11 is 0. The van der Waals surface area contributed by atoms with Gasteiger partial charge in [-0.25, -0.2) is 4.98 Å². The smallest absolute Gasteiger partial charge is 0.263 e. The predicted molar refractivity (Wildman–Crippen MR) is 111 cm³/mol. The predicted octanol–water partition coefficient (Wildman–Crippen LogP) is 3.30. The lowest BCUT2D eigenvalue weighted by molar-refractivity contribution is 0.0635. The van der Waals surface area contributed by atoms with Crippen molar-refractivity contribution in [2.75, 3.05) is 13.1 Å². The van der Waals surface area contributed by atoms with E-state index in [-0.39, 0.29) is 23.8 Å². The zero-order chi connectivity index (χ0) is 20.9. The lowest BCUT2D eigenvalue weighted by Gasteiger charge is -2.31. The molecule has 1 atom stereocenters. The highest BCUT2D eigenvalue weighted by Crippen LogP contribution is 2.25. The van der Waals surface area contributed by atoms with E-state index in [0.717, 1.165) is 5.75 Å². The highest BCUT2D eigenvalue weighted by molar-refractivity contribution is 5.99. The molecule has 7 heteroatoms. The molecule has 1 aromatic heterocycles. The summed E-state index contributed by atoms with van der Waals surface area (Å²) in [4.78, 5) is 45.3. The van der Waals surface area contributed by atoms with Crippen LogP contribution in [0.25, 0.3) is 0 Å². The molecular formula is C23H21N3O4. The summed E-state index contributed by atoms with van der Waals surface area (Å²) in [7, 11) is 0. The number of hydrogen-bond acceptors (Lipinski definition) is 5. The Morgan fingerprint density at radius 3 is 2.50 bits per heavy atom. The number of piperidine rings is 1. The fourth-order valence-electron chi connectivity index (χ4n) is 3.59. The van der Waals surface area contributed by atoms with Crippen LogP contribution in [0, 0.1) is 5.92 Å². The summed E-state index contributed by atoms with van der Waals surface area (Å²) < 4.78 is 5.76. The van der Waals surface area contributed by atoms with E-state index in [1.165, 1.54) is 12.5 Å². The average Bonchev–Trinajstić information content (AvgIpc) is 2.80. The maximum atomic E-state index is 13.0. The van der Waals surface area contributed by atoms with Crippen LogP contribution in [0.2, 0.25) is 0 Å². The molecule has 1 saturated heterocycles. The van der Waals surface area contributed by atoms with Gasteiger partial charge in [-0.1, -0.05) is 18.2 Å². The van der Waals surface area contributed by atoms with Gasteiger partial charge in [0, 0.05) is 30.8 Å². The highest BCUT2D eigenvalue weighted by Gasteiger charge is 2.30. The number of para-hydroxylation sites is 1. The van der Waals surface area contributed by atoms with E-state index < -0.39 is 11.5 Å². The van der Waals surface area contributed by atoms with Crippen LogP contribution in [0.3, 0.4) is 0 Å². The maximum absolute atomic E-state index is 13.0. The Hall–Kier alpha value is -3.74. The van der Waals surface area contributed by atoms with E-state index in [4.69, 9.17) is 4.74 Å². The molecule has 3 aromatic rings. The Morgan fingerprint density at radius 2 is 1.77 bits per heavy atom. The summed E-state index contributed by atoms with van der Waals surface area (Å²) in [5, 5.41) is 0. The van der Waals surface area contributed by atoms with Crippen LogP contribution in [-0.2, 0) is 0 Å². The molecule has 1 aliphatic heterocycles. The van der Waals surface area contributed by atoms with Gasteiger partial charge >= 0.3 is 0 Å². The Bertz CT molecular complexity index is 1090. The molecule has 1 aliphatic rings. The van der Waals surface area contributed by atoms with Crippen LogP contribution in [0.1, 0.15) is 33.6 Å². The number of carbonyl (C=O) groups is 2. The number of H-pyrrole nitrogens is 1. The summed E-state index contributed by atoms with van der Waals surface area (Å²) in [6.45, 7) is 0.801. The minimum Gasteiger partial charge on any atom is -0.457 e. The maximum Gasteiger partial charge on any atom is 0.263 e. The summed E-state index contributed by atoms with van der Waals surface area (Å²) in [6, 6.07) is 16.4. The van der Waals surface area contributed by atoms with Crippen LogP contribution < -0.4 is 10.3 Å². The van der Waals surface area contributed by atoms with Gasteiger partial charge in [0.15, 0.2) is 5.78 Å². The van der Waals surface area contributed by atoms with Crippen molar-refractivity contribution in [1.82, 2.24) is 14.9 Å². The number of aromatic nitrogens is 2. The van der Waals surface area contributed by atoms with E-state index in [1.54, 1.807) is 29.2 Å². The number of ether oxygens (including phenoxy) is 1. The van der Waals surface area contributed by atoms with Gasteiger partial charge in [0.2, 0.25) is 0 Å². The number of carbonyl (C=O) groups excluding carboxylic acids is 2. The summed E-state index contributed by atoms with van der Waals surface area (Å²) in [5.41, 5.74) is 0.0967. The molecule has 2 aromatic carbocycles. The van der Waals surface area contributed by atoms with E-state index in [2.05, 4.69) is 9.97 Å². The van der Waals surface area contributed by atoms with Crippen molar-refractivity contribution >= 4 is 11.7 Å². The minimum atomic E-state index is -0.475. The Morgan fingerprint density at radius 1 is 1.03 bits per heavy atom. The first kappa shape index (κ1) is 19.6. The molecule has 2 heterocycles. The second kappa shape index (κ2) is 8.73. The normalized spacial score (nSPS) is 16.1. The van der Waals surface area contributed by atoms with Gasteiger partial charge in [-0.3, -0.25) is 14.4 Å². The largest absolute Gasteiger partial charge is 0.457 e. The Labute approximate surface area is 173 Å². The molecule has 152 valence electrons. The molecule has 30 heavy (non-hydrogen) atoms. The molecule has 0 saturated carbocycles. The van der Waals surface area contributed by atoms with E-state index in [1.807, 2.05) is 30.3 Å². The van der Waals surface area contributed by atoms with E-state index in [9.17, 15) is 14.4 Å². The van der Waals surface area contributed by atoms with Gasteiger partial charge in [0.1, 0.15) is 17.1 Å². The number of likely N-dealkylation sites (tertiary alicyclic amines) is 1. The Kier molecular flexibility index (Phi) is 5.70. The van der Waals surface area contributed by atoms with Crippen molar-refractivity contribution in [2.45, 2.75) is 12.8 Å². The number of rotatable bonds is 5. The number of amides is 1. The molecule has 1 unspecified atom stereocenters. The number of Topliss-reactive ketones (excluding diaryl/α,β-unsaturated/α-hetero) is 1. The molecule has 1 N–H and O–H groups in total. The van der Waals surface area contributed by atoms with Crippen LogP contribution in [-0.4, -0.2) is 39.6 Å². The van der Waals surface area contributed by atoms with Crippen molar-refractivity contribution in [3.8, 4) is 11.5 Å². The van der Waals surface area contributed by atoms with Crippen LogP contribution >= 0.6 is 0 Å². The standard InChI is InChI=1S/C23H21N3O4/c27-21(16-8-10-19(11-9-16)30-18-6-2-1-3-7-18)17-5-4-12-26(14-17)23(29)20-13-24-15-25-22(20)28/h1-3,6-11,13,15,17H,4-5,12,14H2,(H,24,25,28). The van der Waals surface area contributed by atoms with Gasteiger partial charge in [0.25, 0.3) is 11.5 Å². The van der Waals surface area contributed by atoms with Crippen molar-refractivity contribution in [3.05, 3.63) is 88.6 Å². The number of nitrogens with zero attached hydrogens (tertiary/aromatic N) is 2. The zero-order valence-corrected chi connectivity index (χ0v) is 16.3. The molecule has 4 rings (SSSR count). The van der Waals surface area contributed by atoms with Crippen LogP contribution in [0.4, 0.5) is 0 Å². The topological polar surface area (TPSA) is 92.4 Å². The fourth-order valence-corrected chi connectivity index (χ4v) is 3.59. The number of hydrogen-bond donors (Lipinski definition) is 1. The molecule has 0 radical (unpaired) electrons. The van der Waals surface area contributed by atoms with Gasteiger partial charge in [-0.15, -0.1) is 0 Å². The van der Waals surface area contributed by atoms with Gasteiger partial charge in [-0.2, -0.15) is 0 Å². The highest BCUT2D eigenvalue weighted by atomic mass is 16.5. The number of aromatic amines is 1. The lowest BCUT2D eigenvalue weighted by atomic mass is 9.89. The molecule has 0 spiro atoms. The first-order chi connectivity index (χ1) is 14.6. The zero-order valence-electron chi connectivity index (χ0n) is 16.3. The Balaban J connectivity index is 1.43. The van der Waals surface area contributed by atoms with Crippen molar-refractivity contribution in [1.29, 1.82) is 0 Å². The fraction of sp³-hybridized carbons (Fsp3) is 0.217. The third-order valence-electron chi connectivity index (χ3n) is 5.15. The third-order valence-corrected chi connectivity index (χ3v) is 5.15. The number of nitrogens with one attached hydrogen (secondary N) is 1. The molecule has 0 aliphatic carbocycles. The van der Waals surface area contributed by atoms with Gasteiger partial charge in [-0.05, 0) is 49.2 Å². The molecular weight excluding hydrogens is 382 g/mol. The van der Waals surface area contributed by atoms with E-state index >= 15 is 0 Å².